The molecule has 1 saturated carbocycles. The van der Waals surface area contributed by atoms with E-state index in [2.05, 4.69) is 33.9 Å². The minimum absolute atomic E-state index is 0.0579. The maximum atomic E-state index is 12.2. The van der Waals surface area contributed by atoms with Gasteiger partial charge in [-0.15, -0.1) is 0 Å². The van der Waals surface area contributed by atoms with E-state index < -0.39 is 18.4 Å². The summed E-state index contributed by atoms with van der Waals surface area (Å²) >= 11 is 0. The first-order valence-electron chi connectivity index (χ1n) is 9.57. The minimum Gasteiger partial charge on any atom is -0.414 e. The summed E-state index contributed by atoms with van der Waals surface area (Å²) in [6, 6.07) is 9.18. The standard InChI is InChI=1S/C20H34O4SSi/c1-20(2,3)26(4,5)24-19-13-11-17(12-14-19)15-23-25(21,22)16-18-9-7-6-8-10-18/h6-10,17,19H,11-16H2,1-5H3. The van der Waals surface area contributed by atoms with Gasteiger partial charge in [0.15, 0.2) is 8.32 Å². The van der Waals surface area contributed by atoms with Gasteiger partial charge in [0.1, 0.15) is 5.75 Å². The normalized spacial score (nSPS) is 22.3. The largest absolute Gasteiger partial charge is 0.414 e. The average molecular weight is 399 g/mol. The minimum atomic E-state index is -3.52. The third kappa shape index (κ3) is 6.48. The molecule has 0 spiro atoms. The first-order chi connectivity index (χ1) is 12.0. The van der Waals surface area contributed by atoms with Crippen molar-refractivity contribution >= 4 is 18.4 Å². The molecule has 26 heavy (non-hydrogen) atoms. The maximum Gasteiger partial charge on any atom is 0.271 e. The zero-order valence-corrected chi connectivity index (χ0v) is 18.6. The molecule has 1 fully saturated rings. The molecule has 0 unspecified atom stereocenters. The zero-order valence-electron chi connectivity index (χ0n) is 16.8. The molecule has 0 radical (unpaired) electrons. The second kappa shape index (κ2) is 8.55. The molecule has 0 amide bonds. The summed E-state index contributed by atoms with van der Waals surface area (Å²) in [5.41, 5.74) is 0.763. The van der Waals surface area contributed by atoms with Crippen molar-refractivity contribution in [3.63, 3.8) is 0 Å². The van der Waals surface area contributed by atoms with Gasteiger partial charge in [-0.1, -0.05) is 51.1 Å². The highest BCUT2D eigenvalue weighted by Crippen LogP contribution is 2.39. The van der Waals surface area contributed by atoms with E-state index in [4.69, 9.17) is 8.61 Å². The molecule has 0 N–H and O–H groups in total. The summed E-state index contributed by atoms with van der Waals surface area (Å²) in [7, 11) is -5.25. The predicted molar refractivity (Wildman–Crippen MR) is 109 cm³/mol. The van der Waals surface area contributed by atoms with E-state index in [1.54, 1.807) is 0 Å². The number of hydrogen-bond acceptors (Lipinski definition) is 4. The molecule has 148 valence electrons. The summed E-state index contributed by atoms with van der Waals surface area (Å²) in [4.78, 5) is 0. The van der Waals surface area contributed by atoms with Crippen LogP contribution in [-0.4, -0.2) is 29.4 Å². The Morgan fingerprint density at radius 2 is 1.62 bits per heavy atom. The third-order valence-corrected chi connectivity index (χ3v) is 11.4. The topological polar surface area (TPSA) is 52.6 Å². The summed E-state index contributed by atoms with van der Waals surface area (Å²) in [6.45, 7) is 11.7. The Morgan fingerprint density at radius 3 is 2.15 bits per heavy atom. The van der Waals surface area contributed by atoms with E-state index in [-0.39, 0.29) is 10.8 Å². The molecule has 1 aromatic carbocycles. The quantitative estimate of drug-likeness (QED) is 0.473. The molecule has 0 heterocycles. The lowest BCUT2D eigenvalue weighted by atomic mass is 9.88. The number of rotatable bonds is 7. The SMILES string of the molecule is CC(C)(C)[Si](C)(C)OC1CCC(COS(=O)(=O)Cc2ccccc2)CC1. The van der Waals surface area contributed by atoms with Crippen LogP contribution in [0.4, 0.5) is 0 Å². The van der Waals surface area contributed by atoms with Crippen molar-refractivity contribution in [1.82, 2.24) is 0 Å². The van der Waals surface area contributed by atoms with Crippen LogP contribution in [0.25, 0.3) is 0 Å². The van der Waals surface area contributed by atoms with E-state index in [0.717, 1.165) is 31.2 Å². The molecule has 0 bridgehead atoms. The van der Waals surface area contributed by atoms with E-state index in [1.165, 1.54) is 0 Å². The van der Waals surface area contributed by atoms with E-state index in [0.29, 0.717) is 18.6 Å². The molecular formula is C20H34O4SSi. The van der Waals surface area contributed by atoms with Gasteiger partial charge in [-0.25, -0.2) is 0 Å². The lowest BCUT2D eigenvalue weighted by molar-refractivity contribution is 0.0998. The van der Waals surface area contributed by atoms with Crippen molar-refractivity contribution in [2.45, 2.75) is 76.4 Å². The lowest BCUT2D eigenvalue weighted by Crippen LogP contribution is -2.44. The molecule has 1 aliphatic carbocycles. The van der Waals surface area contributed by atoms with E-state index in [1.807, 2.05) is 30.3 Å². The van der Waals surface area contributed by atoms with Gasteiger partial charge in [-0.3, -0.25) is 4.18 Å². The summed E-state index contributed by atoms with van der Waals surface area (Å²) in [6.07, 6.45) is 4.26. The van der Waals surface area contributed by atoms with Crippen LogP contribution in [0.1, 0.15) is 52.0 Å². The second-order valence-corrected chi connectivity index (χ2v) is 15.4. The molecule has 4 nitrogen and oxygen atoms in total. The highest BCUT2D eigenvalue weighted by Gasteiger charge is 2.39. The van der Waals surface area contributed by atoms with Crippen LogP contribution >= 0.6 is 0 Å². The number of benzene rings is 1. The van der Waals surface area contributed by atoms with E-state index >= 15 is 0 Å². The maximum absolute atomic E-state index is 12.2. The van der Waals surface area contributed by atoms with Gasteiger partial charge in [0, 0.05) is 6.10 Å². The van der Waals surface area contributed by atoms with Gasteiger partial charge >= 0.3 is 0 Å². The average Bonchev–Trinajstić information content (AvgIpc) is 2.53. The van der Waals surface area contributed by atoms with Crippen molar-refractivity contribution in [2.24, 2.45) is 5.92 Å². The lowest BCUT2D eigenvalue weighted by Gasteiger charge is -2.41. The van der Waals surface area contributed by atoms with Crippen LogP contribution in [0.15, 0.2) is 30.3 Å². The van der Waals surface area contributed by atoms with Crippen LogP contribution in [0.5, 0.6) is 0 Å². The second-order valence-electron chi connectivity index (χ2n) is 8.99. The highest BCUT2D eigenvalue weighted by molar-refractivity contribution is 7.85. The molecule has 2 rings (SSSR count). The Labute approximate surface area is 160 Å². The Morgan fingerprint density at radius 1 is 1.04 bits per heavy atom. The van der Waals surface area contributed by atoms with Gasteiger partial charge in [0.2, 0.25) is 0 Å². The monoisotopic (exact) mass is 398 g/mol. The Bertz CT molecular complexity index is 657. The highest BCUT2D eigenvalue weighted by atomic mass is 32.2. The van der Waals surface area contributed by atoms with Crippen LogP contribution < -0.4 is 0 Å². The van der Waals surface area contributed by atoms with Crippen LogP contribution in [0.2, 0.25) is 18.1 Å². The molecule has 0 saturated heterocycles. The Hall–Kier alpha value is -0.693. The first-order valence-corrected chi connectivity index (χ1v) is 14.1. The van der Waals surface area contributed by atoms with Gasteiger partial charge in [0.25, 0.3) is 10.1 Å². The Balaban J connectivity index is 1.77. The molecule has 1 aromatic rings. The Kier molecular flexibility index (Phi) is 7.10. The predicted octanol–water partition coefficient (Wildman–Crippen LogP) is 5.11. The van der Waals surface area contributed by atoms with Gasteiger partial charge in [-0.05, 0) is 55.3 Å². The van der Waals surface area contributed by atoms with Crippen molar-refractivity contribution in [1.29, 1.82) is 0 Å². The fourth-order valence-corrected chi connectivity index (χ4v) is 5.54. The molecule has 1 aliphatic rings. The van der Waals surface area contributed by atoms with Crippen molar-refractivity contribution < 1.29 is 17.0 Å². The zero-order chi connectivity index (χ0) is 19.4. The van der Waals surface area contributed by atoms with Crippen molar-refractivity contribution in [3.05, 3.63) is 35.9 Å². The molecule has 0 aromatic heterocycles. The van der Waals surface area contributed by atoms with Crippen molar-refractivity contribution in [2.75, 3.05) is 6.61 Å². The molecule has 0 aliphatic heterocycles. The summed E-state index contributed by atoms with van der Waals surface area (Å²) < 4.78 is 36.1. The van der Waals surface area contributed by atoms with Crippen molar-refractivity contribution in [3.8, 4) is 0 Å². The fourth-order valence-electron chi connectivity index (χ4n) is 3.03. The molecule has 6 heteroatoms. The fraction of sp³-hybridized carbons (Fsp3) is 0.700. The molecule has 0 atom stereocenters. The summed E-state index contributed by atoms with van der Waals surface area (Å²) in [5.74, 6) is 0.248. The third-order valence-electron chi connectivity index (χ3n) is 5.73. The smallest absolute Gasteiger partial charge is 0.271 e. The molecular weight excluding hydrogens is 364 g/mol. The van der Waals surface area contributed by atoms with Crippen LogP contribution in [0.3, 0.4) is 0 Å². The first kappa shape index (κ1) is 21.6. The van der Waals surface area contributed by atoms with Gasteiger partial charge in [0.05, 0.1) is 6.61 Å². The summed E-state index contributed by atoms with van der Waals surface area (Å²) in [5, 5.41) is 0.221. The number of hydrogen-bond donors (Lipinski definition) is 0. The van der Waals surface area contributed by atoms with Gasteiger partial charge in [-0.2, -0.15) is 8.42 Å². The van der Waals surface area contributed by atoms with E-state index in [9.17, 15) is 8.42 Å². The van der Waals surface area contributed by atoms with Crippen LogP contribution in [-0.2, 0) is 24.5 Å². The van der Waals surface area contributed by atoms with Gasteiger partial charge < -0.3 is 4.43 Å². The van der Waals surface area contributed by atoms with Crippen LogP contribution in [0, 0.1) is 5.92 Å².